The van der Waals surface area contributed by atoms with Gasteiger partial charge in [-0.05, 0) is 50.6 Å². The summed E-state index contributed by atoms with van der Waals surface area (Å²) in [7, 11) is 0. The summed E-state index contributed by atoms with van der Waals surface area (Å²) < 4.78 is 5.11. The third kappa shape index (κ3) is 4.58. The molecule has 6 nitrogen and oxygen atoms in total. The van der Waals surface area contributed by atoms with Gasteiger partial charge in [-0.15, -0.1) is 0 Å². The van der Waals surface area contributed by atoms with Gasteiger partial charge < -0.3 is 15.4 Å². The van der Waals surface area contributed by atoms with Crippen molar-refractivity contribution in [3.63, 3.8) is 0 Å². The second-order valence-corrected chi connectivity index (χ2v) is 6.55. The molecule has 0 atom stereocenters. The molecule has 0 aliphatic rings. The van der Waals surface area contributed by atoms with Crippen LogP contribution < -0.4 is 10.6 Å². The molecule has 0 bridgehead atoms. The number of nitrogens with zero attached hydrogens (tertiary/aromatic N) is 2. The zero-order chi connectivity index (χ0) is 20.1. The quantitative estimate of drug-likeness (QED) is 0.542. The molecule has 3 aromatic rings. The highest BCUT2D eigenvalue weighted by Gasteiger charge is 2.13. The lowest BCUT2D eigenvalue weighted by Crippen LogP contribution is -2.09. The predicted molar refractivity (Wildman–Crippen MR) is 112 cm³/mol. The maximum atomic E-state index is 12.2. The second kappa shape index (κ2) is 8.71. The lowest BCUT2D eigenvalue weighted by molar-refractivity contribution is 0.0527. The molecule has 28 heavy (non-hydrogen) atoms. The Balaban J connectivity index is 1.89. The molecule has 2 N–H and O–H groups in total. The van der Waals surface area contributed by atoms with Crippen LogP contribution in [0.15, 0.2) is 48.5 Å². The Morgan fingerprint density at radius 1 is 1.04 bits per heavy atom. The maximum Gasteiger partial charge on any atom is 0.340 e. The fourth-order valence-corrected chi connectivity index (χ4v) is 2.84. The Labute approximate surface area is 168 Å². The number of benzene rings is 2. The van der Waals surface area contributed by atoms with Crippen LogP contribution in [-0.4, -0.2) is 22.5 Å². The van der Waals surface area contributed by atoms with E-state index in [2.05, 4.69) is 20.6 Å². The van der Waals surface area contributed by atoms with E-state index in [1.807, 2.05) is 44.2 Å². The highest BCUT2D eigenvalue weighted by atomic mass is 35.5. The van der Waals surface area contributed by atoms with Gasteiger partial charge in [0.15, 0.2) is 0 Å². The molecule has 0 saturated heterocycles. The fourth-order valence-electron chi connectivity index (χ4n) is 2.67. The van der Waals surface area contributed by atoms with Crippen molar-refractivity contribution in [1.29, 1.82) is 0 Å². The first-order valence-electron chi connectivity index (χ1n) is 8.89. The summed E-state index contributed by atoms with van der Waals surface area (Å²) in [5.74, 6) is 0.596. The topological polar surface area (TPSA) is 76.1 Å². The molecule has 2 aromatic carbocycles. The molecule has 1 aromatic heterocycles. The summed E-state index contributed by atoms with van der Waals surface area (Å²) in [6, 6.07) is 14.6. The molecule has 0 aliphatic heterocycles. The molecule has 0 amide bonds. The van der Waals surface area contributed by atoms with Gasteiger partial charge >= 0.3 is 5.97 Å². The van der Waals surface area contributed by atoms with Gasteiger partial charge in [0.25, 0.3) is 0 Å². The molecule has 0 radical (unpaired) electrons. The van der Waals surface area contributed by atoms with Crippen molar-refractivity contribution in [3.8, 4) is 0 Å². The number of para-hydroxylation sites is 1. The summed E-state index contributed by atoms with van der Waals surface area (Å²) in [5, 5.41) is 7.06. The van der Waals surface area contributed by atoms with Gasteiger partial charge in [0.2, 0.25) is 5.95 Å². The van der Waals surface area contributed by atoms with E-state index in [1.165, 1.54) is 0 Å². The van der Waals surface area contributed by atoms with Gasteiger partial charge in [0.05, 0.1) is 17.9 Å². The molecule has 1 heterocycles. The fraction of sp³-hybridized carbons (Fsp3) is 0.190. The zero-order valence-corrected chi connectivity index (χ0v) is 16.7. The van der Waals surface area contributed by atoms with Crippen LogP contribution in [0.4, 0.5) is 23.1 Å². The molecule has 144 valence electrons. The Kier molecular flexibility index (Phi) is 6.11. The molecule has 0 unspecified atom stereocenters. The molecule has 0 spiro atoms. The predicted octanol–water partition coefficient (Wildman–Crippen LogP) is 5.41. The molecular formula is C21H21ClN4O2. The van der Waals surface area contributed by atoms with Crippen molar-refractivity contribution >= 4 is 40.7 Å². The lowest BCUT2D eigenvalue weighted by Gasteiger charge is -2.13. The van der Waals surface area contributed by atoms with E-state index in [1.54, 1.807) is 25.1 Å². The maximum absolute atomic E-state index is 12.2. The highest BCUT2D eigenvalue weighted by Crippen LogP contribution is 2.27. The van der Waals surface area contributed by atoms with E-state index in [4.69, 9.17) is 16.3 Å². The van der Waals surface area contributed by atoms with Crippen molar-refractivity contribution in [2.45, 2.75) is 20.8 Å². The number of carbonyl (C=O) groups is 1. The van der Waals surface area contributed by atoms with Gasteiger partial charge in [0.1, 0.15) is 5.82 Å². The lowest BCUT2D eigenvalue weighted by atomic mass is 10.2. The van der Waals surface area contributed by atoms with Gasteiger partial charge in [-0.2, -0.15) is 4.98 Å². The number of aromatic nitrogens is 2. The van der Waals surface area contributed by atoms with E-state index in [9.17, 15) is 4.79 Å². The van der Waals surface area contributed by atoms with Crippen molar-refractivity contribution in [2.75, 3.05) is 17.2 Å². The van der Waals surface area contributed by atoms with Crippen molar-refractivity contribution in [3.05, 3.63) is 70.4 Å². The zero-order valence-electron chi connectivity index (χ0n) is 15.9. The minimum absolute atomic E-state index is 0.307. The van der Waals surface area contributed by atoms with Crippen LogP contribution in [0.25, 0.3) is 0 Å². The average molecular weight is 397 g/mol. The summed E-state index contributed by atoms with van der Waals surface area (Å²) >= 11 is 6.19. The Bertz CT molecular complexity index is 1010. The second-order valence-electron chi connectivity index (χ2n) is 6.15. The largest absolute Gasteiger partial charge is 0.462 e. The van der Waals surface area contributed by atoms with E-state index in [0.717, 1.165) is 16.9 Å². The van der Waals surface area contributed by atoms with E-state index in [-0.39, 0.29) is 0 Å². The van der Waals surface area contributed by atoms with Gasteiger partial charge in [0, 0.05) is 22.5 Å². The Hall–Kier alpha value is -3.12. The SMILES string of the molecule is CCOC(=O)c1ccccc1Nc1nc(C)cc(Nc2cccc(Cl)c2C)n1. The van der Waals surface area contributed by atoms with Gasteiger partial charge in [-0.25, -0.2) is 9.78 Å². The summed E-state index contributed by atoms with van der Waals surface area (Å²) in [6.45, 7) is 5.89. The van der Waals surface area contributed by atoms with Gasteiger partial charge in [-0.1, -0.05) is 29.8 Å². The van der Waals surface area contributed by atoms with Crippen LogP contribution in [-0.2, 0) is 4.74 Å². The minimum atomic E-state index is -0.397. The highest BCUT2D eigenvalue weighted by molar-refractivity contribution is 6.31. The number of rotatable bonds is 6. The number of ether oxygens (including phenoxy) is 1. The molecule has 0 aliphatic carbocycles. The number of hydrogen-bond donors (Lipinski definition) is 2. The van der Waals surface area contributed by atoms with Gasteiger partial charge in [-0.3, -0.25) is 0 Å². The number of aryl methyl sites for hydroxylation is 1. The van der Waals surface area contributed by atoms with Crippen LogP contribution >= 0.6 is 11.6 Å². The Morgan fingerprint density at radius 3 is 2.57 bits per heavy atom. The number of hydrogen-bond acceptors (Lipinski definition) is 6. The Morgan fingerprint density at radius 2 is 1.79 bits per heavy atom. The summed E-state index contributed by atoms with van der Waals surface area (Å²) in [6.07, 6.45) is 0. The summed E-state index contributed by atoms with van der Waals surface area (Å²) in [4.78, 5) is 21.1. The average Bonchev–Trinajstić information content (AvgIpc) is 2.66. The first-order valence-corrected chi connectivity index (χ1v) is 9.26. The normalized spacial score (nSPS) is 10.4. The third-order valence-electron chi connectivity index (χ3n) is 4.05. The number of carbonyl (C=O) groups excluding carboxylic acids is 1. The minimum Gasteiger partial charge on any atom is -0.462 e. The monoisotopic (exact) mass is 396 g/mol. The number of esters is 1. The molecule has 0 fully saturated rings. The van der Waals surface area contributed by atoms with Crippen LogP contribution in [0.5, 0.6) is 0 Å². The van der Waals surface area contributed by atoms with Crippen molar-refractivity contribution < 1.29 is 9.53 Å². The smallest absolute Gasteiger partial charge is 0.340 e. The van der Waals surface area contributed by atoms with Crippen LogP contribution in [0.3, 0.4) is 0 Å². The standard InChI is InChI=1S/C21H21ClN4O2/c1-4-28-20(27)15-8-5-6-10-18(15)25-21-23-13(2)12-19(26-21)24-17-11-7-9-16(22)14(17)3/h5-12H,4H2,1-3H3,(H2,23,24,25,26). The van der Waals surface area contributed by atoms with Crippen molar-refractivity contribution in [2.24, 2.45) is 0 Å². The molecular weight excluding hydrogens is 376 g/mol. The number of nitrogens with one attached hydrogen (secondary N) is 2. The number of halogens is 1. The third-order valence-corrected chi connectivity index (χ3v) is 4.46. The van der Waals surface area contributed by atoms with Crippen LogP contribution in [0, 0.1) is 13.8 Å². The van der Waals surface area contributed by atoms with Crippen molar-refractivity contribution in [1.82, 2.24) is 9.97 Å². The first kappa shape index (κ1) is 19.6. The molecule has 3 rings (SSSR count). The summed E-state index contributed by atoms with van der Waals surface area (Å²) in [5.41, 5.74) is 3.57. The van der Waals surface area contributed by atoms with Crippen LogP contribution in [0.2, 0.25) is 5.02 Å². The van der Waals surface area contributed by atoms with E-state index >= 15 is 0 Å². The first-order chi connectivity index (χ1) is 13.5. The molecule has 0 saturated carbocycles. The van der Waals surface area contributed by atoms with Crippen LogP contribution in [0.1, 0.15) is 28.5 Å². The molecule has 7 heteroatoms. The van der Waals surface area contributed by atoms with E-state index < -0.39 is 5.97 Å². The van der Waals surface area contributed by atoms with E-state index in [0.29, 0.717) is 34.6 Å². The number of anilines is 4.